The van der Waals surface area contributed by atoms with Gasteiger partial charge in [-0.15, -0.1) is 0 Å². The van der Waals surface area contributed by atoms with Crippen molar-refractivity contribution >= 4 is 16.7 Å². The highest BCUT2D eigenvalue weighted by Crippen LogP contribution is 2.33. The van der Waals surface area contributed by atoms with Crippen molar-refractivity contribution < 1.29 is 5.11 Å². The van der Waals surface area contributed by atoms with Gasteiger partial charge in [-0.05, 0) is 41.3 Å². The summed E-state index contributed by atoms with van der Waals surface area (Å²) in [4.78, 5) is 17.9. The van der Waals surface area contributed by atoms with Crippen molar-refractivity contribution in [3.8, 4) is 28.3 Å². The summed E-state index contributed by atoms with van der Waals surface area (Å²) in [5, 5.41) is 14.0. The Kier molecular flexibility index (Phi) is 5.41. The Hall–Kier alpha value is -4.32. The number of aromatic hydroxyl groups is 1. The summed E-state index contributed by atoms with van der Waals surface area (Å²) in [5.41, 5.74) is 4.94. The average molecular weight is 419 g/mol. The lowest BCUT2D eigenvalue weighted by molar-refractivity contribution is 0.475. The number of hydrogen-bond acceptors (Lipinski definition) is 6. The quantitative estimate of drug-likeness (QED) is 0.398. The number of hydrogen-bond donors (Lipinski definition) is 2. The van der Waals surface area contributed by atoms with Gasteiger partial charge in [-0.25, -0.2) is 19.9 Å². The summed E-state index contributed by atoms with van der Waals surface area (Å²) in [6, 6.07) is 23.6. The Morgan fingerprint density at radius 1 is 0.750 bits per heavy atom. The Bertz CT molecular complexity index is 1340. The molecule has 0 aliphatic heterocycles. The van der Waals surface area contributed by atoms with E-state index in [1.807, 2.05) is 42.5 Å². The second-order valence-electron chi connectivity index (χ2n) is 7.43. The largest absolute Gasteiger partial charge is 0.508 e. The van der Waals surface area contributed by atoms with Gasteiger partial charge in [0.15, 0.2) is 5.82 Å². The molecular formula is C26H21N5O. The van der Waals surface area contributed by atoms with E-state index in [1.165, 1.54) is 6.33 Å². The fraction of sp³-hybridized carbons (Fsp3) is 0.0769. The molecule has 0 aliphatic rings. The topological polar surface area (TPSA) is 83.8 Å². The van der Waals surface area contributed by atoms with Crippen LogP contribution in [0.3, 0.4) is 0 Å². The van der Waals surface area contributed by atoms with Crippen LogP contribution in [-0.4, -0.2) is 31.6 Å². The third-order valence-corrected chi connectivity index (χ3v) is 5.27. The van der Waals surface area contributed by atoms with E-state index in [2.05, 4.69) is 33.5 Å². The minimum Gasteiger partial charge on any atom is -0.508 e. The lowest BCUT2D eigenvalue weighted by Crippen LogP contribution is -2.08. The SMILES string of the molecule is Oc1ccc(CCNc2nc(-c3cncnc3)nc3cccc(-c4ccccc4)c23)cc1. The lowest BCUT2D eigenvalue weighted by atomic mass is 10.0. The predicted octanol–water partition coefficient (Wildman–Crippen LogP) is 5.11. The van der Waals surface area contributed by atoms with Crippen LogP contribution in [0.5, 0.6) is 5.75 Å². The molecule has 0 fully saturated rings. The van der Waals surface area contributed by atoms with Crippen molar-refractivity contribution in [2.75, 3.05) is 11.9 Å². The van der Waals surface area contributed by atoms with E-state index in [-0.39, 0.29) is 5.75 Å². The number of rotatable bonds is 6. The van der Waals surface area contributed by atoms with E-state index in [9.17, 15) is 5.11 Å². The predicted molar refractivity (Wildman–Crippen MR) is 126 cm³/mol. The van der Waals surface area contributed by atoms with Crippen molar-refractivity contribution in [1.82, 2.24) is 19.9 Å². The van der Waals surface area contributed by atoms with Crippen LogP contribution < -0.4 is 5.32 Å². The molecule has 2 aromatic heterocycles. The van der Waals surface area contributed by atoms with Crippen molar-refractivity contribution in [3.05, 3.63) is 97.1 Å². The molecule has 6 nitrogen and oxygen atoms in total. The summed E-state index contributed by atoms with van der Waals surface area (Å²) >= 11 is 0. The fourth-order valence-electron chi connectivity index (χ4n) is 3.70. The fourth-order valence-corrected chi connectivity index (χ4v) is 3.70. The van der Waals surface area contributed by atoms with E-state index in [1.54, 1.807) is 24.5 Å². The van der Waals surface area contributed by atoms with Crippen molar-refractivity contribution in [1.29, 1.82) is 0 Å². The van der Waals surface area contributed by atoms with Crippen LogP contribution in [0.2, 0.25) is 0 Å². The summed E-state index contributed by atoms with van der Waals surface area (Å²) in [6.45, 7) is 0.685. The molecule has 0 radical (unpaired) electrons. The first-order valence-corrected chi connectivity index (χ1v) is 10.4. The first kappa shape index (κ1) is 19.6. The zero-order valence-electron chi connectivity index (χ0n) is 17.3. The maximum atomic E-state index is 9.51. The molecule has 0 amide bonds. The Labute approximate surface area is 185 Å². The maximum Gasteiger partial charge on any atom is 0.165 e. The third-order valence-electron chi connectivity index (χ3n) is 5.27. The molecular weight excluding hydrogens is 398 g/mol. The molecule has 0 aliphatic carbocycles. The highest BCUT2D eigenvalue weighted by Gasteiger charge is 2.14. The van der Waals surface area contributed by atoms with Crippen LogP contribution in [0.15, 0.2) is 91.5 Å². The summed E-state index contributed by atoms with van der Waals surface area (Å²) < 4.78 is 0. The van der Waals surface area contributed by atoms with Gasteiger partial charge < -0.3 is 10.4 Å². The highest BCUT2D eigenvalue weighted by molar-refractivity contribution is 6.02. The van der Waals surface area contributed by atoms with Gasteiger partial charge in [0.2, 0.25) is 0 Å². The van der Waals surface area contributed by atoms with Crippen molar-refractivity contribution in [3.63, 3.8) is 0 Å². The minimum absolute atomic E-state index is 0.269. The van der Waals surface area contributed by atoms with Crippen molar-refractivity contribution in [2.24, 2.45) is 0 Å². The molecule has 2 N–H and O–H groups in total. The maximum absolute atomic E-state index is 9.51. The molecule has 0 unspecified atom stereocenters. The molecule has 0 bridgehead atoms. The molecule has 156 valence electrons. The first-order chi connectivity index (χ1) is 15.8. The van der Waals surface area contributed by atoms with Gasteiger partial charge in [-0.1, -0.05) is 54.6 Å². The summed E-state index contributed by atoms with van der Waals surface area (Å²) in [5.74, 6) is 1.62. The number of phenols is 1. The van der Waals surface area contributed by atoms with Crippen LogP contribution in [0.25, 0.3) is 33.4 Å². The minimum atomic E-state index is 0.269. The molecule has 5 rings (SSSR count). The molecule has 6 heteroatoms. The van der Waals surface area contributed by atoms with Crippen LogP contribution >= 0.6 is 0 Å². The van der Waals surface area contributed by atoms with E-state index in [0.717, 1.165) is 45.4 Å². The molecule has 0 saturated carbocycles. The van der Waals surface area contributed by atoms with Crippen LogP contribution in [0.4, 0.5) is 5.82 Å². The number of benzene rings is 3. The third kappa shape index (κ3) is 4.11. The van der Waals surface area contributed by atoms with Gasteiger partial charge in [0.1, 0.15) is 17.9 Å². The standard InChI is InChI=1S/C26H21N5O/c32-21-11-9-18(10-12-21)13-14-29-26-24-22(19-5-2-1-3-6-19)7-4-8-23(24)30-25(31-26)20-15-27-17-28-16-20/h1-12,15-17,32H,13-14H2,(H,29,30,31). The van der Waals surface area contributed by atoms with Gasteiger partial charge in [0, 0.05) is 18.9 Å². The second-order valence-corrected chi connectivity index (χ2v) is 7.43. The van der Waals surface area contributed by atoms with Crippen LogP contribution in [-0.2, 0) is 6.42 Å². The highest BCUT2D eigenvalue weighted by atomic mass is 16.3. The van der Waals surface area contributed by atoms with Crippen LogP contribution in [0.1, 0.15) is 5.56 Å². The van der Waals surface area contributed by atoms with E-state index in [4.69, 9.17) is 9.97 Å². The smallest absolute Gasteiger partial charge is 0.165 e. The van der Waals surface area contributed by atoms with E-state index >= 15 is 0 Å². The summed E-state index contributed by atoms with van der Waals surface area (Å²) in [6.07, 6.45) is 5.73. The normalized spacial score (nSPS) is 10.9. The molecule has 2 heterocycles. The Morgan fingerprint density at radius 3 is 2.31 bits per heavy atom. The molecule has 0 saturated heterocycles. The zero-order chi connectivity index (χ0) is 21.8. The first-order valence-electron chi connectivity index (χ1n) is 10.4. The number of aromatic nitrogens is 4. The Balaban J connectivity index is 1.57. The number of fused-ring (bicyclic) bond motifs is 1. The number of nitrogens with one attached hydrogen (secondary N) is 1. The van der Waals surface area contributed by atoms with Crippen molar-refractivity contribution in [2.45, 2.75) is 6.42 Å². The van der Waals surface area contributed by atoms with Gasteiger partial charge in [-0.3, -0.25) is 0 Å². The van der Waals surface area contributed by atoms with Gasteiger partial charge in [-0.2, -0.15) is 0 Å². The monoisotopic (exact) mass is 419 g/mol. The zero-order valence-corrected chi connectivity index (χ0v) is 17.3. The summed E-state index contributed by atoms with van der Waals surface area (Å²) in [7, 11) is 0. The molecule has 0 spiro atoms. The molecule has 32 heavy (non-hydrogen) atoms. The van der Waals surface area contributed by atoms with Gasteiger partial charge >= 0.3 is 0 Å². The number of phenolic OH excluding ortho intramolecular Hbond substituents is 1. The van der Waals surface area contributed by atoms with Crippen LogP contribution in [0, 0.1) is 0 Å². The van der Waals surface area contributed by atoms with E-state index in [0.29, 0.717) is 12.4 Å². The lowest BCUT2D eigenvalue weighted by Gasteiger charge is -2.14. The average Bonchev–Trinajstić information content (AvgIpc) is 2.86. The number of anilines is 1. The van der Waals surface area contributed by atoms with Gasteiger partial charge in [0.25, 0.3) is 0 Å². The second kappa shape index (κ2) is 8.81. The Morgan fingerprint density at radius 2 is 1.53 bits per heavy atom. The van der Waals surface area contributed by atoms with E-state index < -0.39 is 0 Å². The molecule has 5 aromatic rings. The molecule has 3 aromatic carbocycles. The molecule has 0 atom stereocenters. The van der Waals surface area contributed by atoms with Gasteiger partial charge in [0.05, 0.1) is 16.5 Å². The number of nitrogens with zero attached hydrogens (tertiary/aromatic N) is 4.